The highest BCUT2D eigenvalue weighted by atomic mass is 32.2. The highest BCUT2D eigenvalue weighted by Crippen LogP contribution is 2.31. The molecule has 112 valence electrons. The molecule has 3 rings (SSSR count). The Labute approximate surface area is 128 Å². The van der Waals surface area contributed by atoms with Crippen LogP contribution in [0.25, 0.3) is 22.0 Å². The lowest BCUT2D eigenvalue weighted by Gasteiger charge is -2.12. The number of aromatic nitrogens is 1. The second kappa shape index (κ2) is 5.18. The van der Waals surface area contributed by atoms with Gasteiger partial charge in [0.2, 0.25) is 0 Å². The number of fused-ring (bicyclic) bond motifs is 1. The van der Waals surface area contributed by atoms with Gasteiger partial charge in [-0.2, -0.15) is 0 Å². The topological polar surface area (TPSA) is 47.0 Å². The molecule has 0 radical (unpaired) electrons. The average Bonchev–Trinajstić information content (AvgIpc) is 2.47. The van der Waals surface area contributed by atoms with Gasteiger partial charge in [-0.25, -0.2) is 17.8 Å². The zero-order chi connectivity index (χ0) is 15.9. The predicted molar refractivity (Wildman–Crippen MR) is 85.0 cm³/mol. The van der Waals surface area contributed by atoms with E-state index in [1.807, 2.05) is 0 Å². The van der Waals surface area contributed by atoms with Gasteiger partial charge in [0.05, 0.1) is 4.90 Å². The lowest BCUT2D eigenvalue weighted by molar-refractivity contribution is 0.602. The van der Waals surface area contributed by atoms with Crippen LogP contribution >= 0.6 is 0 Å². The fraction of sp³-hybridized carbons (Fsp3) is 0.118. The Bertz CT molecular complexity index is 981. The molecule has 0 N–H and O–H groups in total. The van der Waals surface area contributed by atoms with Gasteiger partial charge >= 0.3 is 0 Å². The predicted octanol–water partition coefficient (Wildman–Crippen LogP) is 3.75. The quantitative estimate of drug-likeness (QED) is 0.723. The van der Waals surface area contributed by atoms with Gasteiger partial charge in [-0.15, -0.1) is 0 Å². The molecule has 0 unspecified atom stereocenters. The number of pyridine rings is 1. The largest absolute Gasteiger partial charge is 0.249 e. The minimum absolute atomic E-state index is 0.246. The Hall–Kier alpha value is -2.27. The summed E-state index contributed by atoms with van der Waals surface area (Å²) in [5.41, 5.74) is 2.16. The number of benzene rings is 2. The number of para-hydroxylation sites is 1. The molecule has 0 aliphatic carbocycles. The molecule has 0 aliphatic rings. The Balaban J connectivity index is 2.35. The molecule has 0 spiro atoms. The van der Waals surface area contributed by atoms with Crippen molar-refractivity contribution in [1.29, 1.82) is 0 Å². The number of hydrogen-bond donors (Lipinski definition) is 0. The molecule has 1 heterocycles. The van der Waals surface area contributed by atoms with Crippen molar-refractivity contribution >= 4 is 20.7 Å². The third-order valence-corrected chi connectivity index (χ3v) is 4.72. The summed E-state index contributed by atoms with van der Waals surface area (Å²) in [5, 5.41) is 0.643. The Kier molecular flexibility index (Phi) is 3.45. The molecular formula is C17H14FNO2S. The second-order valence-corrected chi connectivity index (χ2v) is 7.19. The summed E-state index contributed by atoms with van der Waals surface area (Å²) in [6.07, 6.45) is 1.18. The van der Waals surface area contributed by atoms with Gasteiger partial charge in [0.1, 0.15) is 11.3 Å². The lowest BCUT2D eigenvalue weighted by atomic mass is 10.0. The molecule has 1 aromatic heterocycles. The smallest absolute Gasteiger partial charge is 0.176 e. The maximum atomic E-state index is 13.8. The van der Waals surface area contributed by atoms with Crippen molar-refractivity contribution in [3.8, 4) is 11.1 Å². The van der Waals surface area contributed by atoms with Crippen LogP contribution in [0, 0.1) is 12.7 Å². The van der Waals surface area contributed by atoms with E-state index in [0.717, 1.165) is 0 Å². The van der Waals surface area contributed by atoms with Crippen molar-refractivity contribution in [1.82, 2.24) is 4.98 Å². The third-order valence-electron chi connectivity index (χ3n) is 3.56. The van der Waals surface area contributed by atoms with E-state index in [1.165, 1.54) is 12.3 Å². The summed E-state index contributed by atoms with van der Waals surface area (Å²) in [4.78, 5) is 4.55. The SMILES string of the molecule is Cc1nc2c(F)cccc2cc1-c1ccccc1S(C)(=O)=O. The zero-order valence-electron chi connectivity index (χ0n) is 12.2. The van der Waals surface area contributed by atoms with Crippen molar-refractivity contribution in [2.24, 2.45) is 0 Å². The molecule has 3 nitrogen and oxygen atoms in total. The first kappa shape index (κ1) is 14.7. The monoisotopic (exact) mass is 315 g/mol. The molecule has 0 aliphatic heterocycles. The molecule has 0 bridgehead atoms. The normalized spacial score (nSPS) is 11.8. The highest BCUT2D eigenvalue weighted by molar-refractivity contribution is 7.90. The Morgan fingerprint density at radius 2 is 1.73 bits per heavy atom. The number of aryl methyl sites for hydroxylation is 1. The Morgan fingerprint density at radius 3 is 2.45 bits per heavy atom. The maximum absolute atomic E-state index is 13.8. The molecule has 0 fully saturated rings. The zero-order valence-corrected chi connectivity index (χ0v) is 13.0. The summed E-state index contributed by atoms with van der Waals surface area (Å²) in [6, 6.07) is 13.3. The van der Waals surface area contributed by atoms with Crippen LogP contribution in [-0.4, -0.2) is 19.7 Å². The summed E-state index contributed by atoms with van der Waals surface area (Å²) in [6.45, 7) is 1.75. The van der Waals surface area contributed by atoms with Crippen LogP contribution in [0.3, 0.4) is 0 Å². The molecule has 2 aromatic carbocycles. The van der Waals surface area contributed by atoms with Crippen LogP contribution in [0.15, 0.2) is 53.4 Å². The van der Waals surface area contributed by atoms with Crippen molar-refractivity contribution < 1.29 is 12.8 Å². The van der Waals surface area contributed by atoms with E-state index in [9.17, 15) is 12.8 Å². The number of sulfone groups is 1. The van der Waals surface area contributed by atoms with Crippen LogP contribution in [0.5, 0.6) is 0 Å². The van der Waals surface area contributed by atoms with Gasteiger partial charge in [0.15, 0.2) is 9.84 Å². The average molecular weight is 315 g/mol. The van der Waals surface area contributed by atoms with Gasteiger partial charge in [0, 0.05) is 28.5 Å². The van der Waals surface area contributed by atoms with Crippen molar-refractivity contribution in [2.45, 2.75) is 11.8 Å². The van der Waals surface area contributed by atoms with Crippen LogP contribution < -0.4 is 0 Å². The summed E-state index contributed by atoms with van der Waals surface area (Å²) < 4.78 is 37.8. The molecule has 3 aromatic rings. The minimum Gasteiger partial charge on any atom is -0.249 e. The van der Waals surface area contributed by atoms with Crippen molar-refractivity contribution in [3.05, 3.63) is 60.0 Å². The molecule has 0 saturated heterocycles. The van der Waals surface area contributed by atoms with E-state index in [4.69, 9.17) is 0 Å². The van der Waals surface area contributed by atoms with E-state index in [1.54, 1.807) is 49.4 Å². The van der Waals surface area contributed by atoms with Crippen molar-refractivity contribution in [2.75, 3.05) is 6.26 Å². The molecule has 5 heteroatoms. The first-order valence-electron chi connectivity index (χ1n) is 6.73. The van der Waals surface area contributed by atoms with E-state index in [0.29, 0.717) is 27.7 Å². The fourth-order valence-corrected chi connectivity index (χ4v) is 3.44. The van der Waals surface area contributed by atoms with E-state index >= 15 is 0 Å². The summed E-state index contributed by atoms with van der Waals surface area (Å²) >= 11 is 0. The van der Waals surface area contributed by atoms with E-state index < -0.39 is 9.84 Å². The third kappa shape index (κ3) is 2.48. The van der Waals surface area contributed by atoms with E-state index in [-0.39, 0.29) is 10.7 Å². The van der Waals surface area contributed by atoms with E-state index in [2.05, 4.69) is 4.98 Å². The first-order chi connectivity index (χ1) is 10.4. The lowest BCUT2D eigenvalue weighted by Crippen LogP contribution is -2.01. The summed E-state index contributed by atoms with van der Waals surface area (Å²) in [7, 11) is -3.36. The molecule has 0 saturated carbocycles. The van der Waals surface area contributed by atoms with Crippen LogP contribution in [0.4, 0.5) is 4.39 Å². The standard InChI is InChI=1S/C17H14FNO2S/c1-11-14(10-12-6-5-8-15(18)17(12)19-11)13-7-3-4-9-16(13)22(2,20)21/h3-10H,1-2H3. The number of nitrogens with zero attached hydrogens (tertiary/aromatic N) is 1. The Morgan fingerprint density at radius 1 is 1.00 bits per heavy atom. The molecular weight excluding hydrogens is 301 g/mol. The molecule has 0 atom stereocenters. The number of halogens is 1. The molecule has 22 heavy (non-hydrogen) atoms. The minimum atomic E-state index is -3.36. The fourth-order valence-electron chi connectivity index (χ4n) is 2.54. The maximum Gasteiger partial charge on any atom is 0.176 e. The van der Waals surface area contributed by atoms with Crippen LogP contribution in [0.1, 0.15) is 5.69 Å². The summed E-state index contributed by atoms with van der Waals surface area (Å²) in [5.74, 6) is -0.386. The second-order valence-electron chi connectivity index (χ2n) is 5.20. The van der Waals surface area contributed by atoms with Crippen LogP contribution in [0.2, 0.25) is 0 Å². The van der Waals surface area contributed by atoms with Gasteiger partial charge in [-0.3, -0.25) is 0 Å². The number of hydrogen-bond acceptors (Lipinski definition) is 3. The molecule has 0 amide bonds. The van der Waals surface area contributed by atoms with Crippen LogP contribution in [-0.2, 0) is 9.84 Å². The highest BCUT2D eigenvalue weighted by Gasteiger charge is 2.17. The first-order valence-corrected chi connectivity index (χ1v) is 8.62. The van der Waals surface area contributed by atoms with Gasteiger partial charge < -0.3 is 0 Å². The van der Waals surface area contributed by atoms with Gasteiger partial charge in [0.25, 0.3) is 0 Å². The number of rotatable bonds is 2. The van der Waals surface area contributed by atoms with Gasteiger partial charge in [-0.05, 0) is 25.1 Å². The van der Waals surface area contributed by atoms with Gasteiger partial charge in [-0.1, -0.05) is 30.3 Å². The van der Waals surface area contributed by atoms with Crippen molar-refractivity contribution in [3.63, 3.8) is 0 Å².